The van der Waals surface area contributed by atoms with E-state index < -0.39 is 0 Å². The van der Waals surface area contributed by atoms with Crippen LogP contribution in [0, 0.1) is 0 Å². The number of nitrogens with one attached hydrogen (secondary N) is 1. The summed E-state index contributed by atoms with van der Waals surface area (Å²) in [5.74, 6) is 0. The van der Waals surface area contributed by atoms with Gasteiger partial charge in [-0.15, -0.1) is 0 Å². The van der Waals surface area contributed by atoms with Crippen molar-refractivity contribution in [2.24, 2.45) is 0 Å². The van der Waals surface area contributed by atoms with Gasteiger partial charge in [0.1, 0.15) is 6.33 Å². The van der Waals surface area contributed by atoms with Crippen molar-refractivity contribution in [3.05, 3.63) is 34.9 Å². The highest BCUT2D eigenvalue weighted by molar-refractivity contribution is 6.36. The lowest BCUT2D eigenvalue weighted by Gasteiger charge is -2.01. The third-order valence-corrected chi connectivity index (χ3v) is 1.98. The second-order valence-corrected chi connectivity index (χ2v) is 3.06. The Hall–Kier alpha value is -0.640. The average molecular weight is 218 g/mol. The molecule has 1 heterocycles. The Morgan fingerprint density at radius 3 is 3.08 bits per heavy atom. The fourth-order valence-electron chi connectivity index (χ4n) is 0.771. The Balaban J connectivity index is 2.28. The van der Waals surface area contributed by atoms with Gasteiger partial charge >= 0.3 is 0 Å². The van der Waals surface area contributed by atoms with E-state index in [1.54, 1.807) is 6.20 Å². The Morgan fingerprint density at radius 2 is 2.46 bits per heavy atom. The van der Waals surface area contributed by atoms with Crippen LogP contribution in [0.5, 0.6) is 0 Å². The van der Waals surface area contributed by atoms with Gasteiger partial charge < -0.3 is 5.32 Å². The summed E-state index contributed by atoms with van der Waals surface area (Å²) in [6, 6.07) is 1.84. The summed E-state index contributed by atoms with van der Waals surface area (Å²) in [6.07, 6.45) is 3.21. The fraction of sp³-hybridized carbons (Fsp3) is 0.250. The third-order valence-electron chi connectivity index (χ3n) is 1.36. The van der Waals surface area contributed by atoms with Gasteiger partial charge in [-0.3, -0.25) is 0 Å². The molecule has 0 fully saturated rings. The lowest BCUT2D eigenvalue weighted by Crippen LogP contribution is -2.15. The first-order valence-electron chi connectivity index (χ1n) is 3.73. The van der Waals surface area contributed by atoms with Crippen LogP contribution in [0.2, 0.25) is 0 Å². The number of rotatable bonds is 4. The second kappa shape index (κ2) is 5.91. The molecule has 70 valence electrons. The molecule has 0 aliphatic heterocycles. The molecule has 0 aliphatic rings. The summed E-state index contributed by atoms with van der Waals surface area (Å²) in [6.45, 7) is 1.21. The minimum Gasteiger partial charge on any atom is -0.306 e. The van der Waals surface area contributed by atoms with Gasteiger partial charge in [-0.05, 0) is 6.07 Å². The molecule has 0 aromatic carbocycles. The van der Waals surface area contributed by atoms with Crippen LogP contribution in [-0.2, 0) is 6.54 Å². The molecule has 1 rings (SSSR count). The number of hydrogen-bond acceptors (Lipinski definition) is 3. The summed E-state index contributed by atoms with van der Waals surface area (Å²) < 4.78 is 0. The Bertz CT molecular complexity index is 274. The molecule has 0 atom stereocenters. The molecule has 0 radical (unpaired) electrons. The van der Waals surface area contributed by atoms with Gasteiger partial charge in [-0.1, -0.05) is 23.2 Å². The quantitative estimate of drug-likeness (QED) is 0.838. The highest BCUT2D eigenvalue weighted by Crippen LogP contribution is 2.00. The van der Waals surface area contributed by atoms with Crippen molar-refractivity contribution in [1.82, 2.24) is 15.3 Å². The van der Waals surface area contributed by atoms with Gasteiger partial charge in [0.05, 0.1) is 5.69 Å². The Kier molecular flexibility index (Phi) is 4.75. The summed E-state index contributed by atoms with van der Waals surface area (Å²) in [5.41, 5.74) is 2.27. The molecule has 0 saturated heterocycles. The molecule has 5 heteroatoms. The largest absolute Gasteiger partial charge is 0.306 e. The minimum atomic E-state index is 0.551. The van der Waals surface area contributed by atoms with Crippen LogP contribution >= 0.6 is 23.2 Å². The van der Waals surface area contributed by atoms with E-state index in [0.29, 0.717) is 18.1 Å². The molecule has 13 heavy (non-hydrogen) atoms. The Labute approximate surface area is 86.8 Å². The van der Waals surface area contributed by atoms with Crippen LogP contribution in [0.1, 0.15) is 5.69 Å². The van der Waals surface area contributed by atoms with Crippen molar-refractivity contribution < 1.29 is 0 Å². The van der Waals surface area contributed by atoms with Gasteiger partial charge in [0.15, 0.2) is 0 Å². The zero-order chi connectivity index (χ0) is 9.52. The molecule has 0 saturated carbocycles. The molecule has 1 aromatic heterocycles. The van der Waals surface area contributed by atoms with Gasteiger partial charge in [0.2, 0.25) is 0 Å². The van der Waals surface area contributed by atoms with E-state index in [-0.39, 0.29) is 0 Å². The van der Waals surface area contributed by atoms with E-state index >= 15 is 0 Å². The van der Waals surface area contributed by atoms with E-state index in [9.17, 15) is 0 Å². The van der Waals surface area contributed by atoms with Crippen molar-refractivity contribution in [2.75, 3.05) is 6.54 Å². The monoisotopic (exact) mass is 217 g/mol. The maximum absolute atomic E-state index is 5.67. The molecule has 1 N–H and O–H groups in total. The second-order valence-electron chi connectivity index (χ2n) is 2.36. The van der Waals surface area contributed by atoms with Crippen LogP contribution in [0.4, 0.5) is 0 Å². The van der Waals surface area contributed by atoms with Crippen LogP contribution in [0.25, 0.3) is 0 Å². The summed E-state index contributed by atoms with van der Waals surface area (Å²) in [7, 11) is 0. The van der Waals surface area contributed by atoms with E-state index in [0.717, 1.165) is 5.69 Å². The topological polar surface area (TPSA) is 37.8 Å². The molecule has 0 spiro atoms. The third kappa shape index (κ3) is 4.22. The predicted octanol–water partition coefficient (Wildman–Crippen LogP) is 1.89. The maximum Gasteiger partial charge on any atom is 0.115 e. The first kappa shape index (κ1) is 10.4. The van der Waals surface area contributed by atoms with Crippen LogP contribution in [0.3, 0.4) is 0 Å². The smallest absolute Gasteiger partial charge is 0.115 e. The first-order chi connectivity index (χ1) is 6.33. The average Bonchev–Trinajstić information content (AvgIpc) is 2.19. The van der Waals surface area contributed by atoms with Crippen molar-refractivity contribution in [3.63, 3.8) is 0 Å². The zero-order valence-electron chi connectivity index (χ0n) is 6.87. The highest BCUT2D eigenvalue weighted by Gasteiger charge is 1.93. The predicted molar refractivity (Wildman–Crippen MR) is 53.5 cm³/mol. The summed E-state index contributed by atoms with van der Waals surface area (Å²) >= 11 is 11.0. The van der Waals surface area contributed by atoms with E-state index in [4.69, 9.17) is 23.2 Å². The molecule has 0 aliphatic carbocycles. The number of hydrogen-bond donors (Lipinski definition) is 1. The molecule has 1 aromatic rings. The lowest BCUT2D eigenvalue weighted by molar-refractivity contribution is 0.732. The molecular formula is C8H9Cl2N3. The number of nitrogens with zero attached hydrogens (tertiary/aromatic N) is 2. The number of aromatic nitrogens is 2. The molecule has 0 amide bonds. The summed E-state index contributed by atoms with van der Waals surface area (Å²) in [5, 5.41) is 3.66. The van der Waals surface area contributed by atoms with Crippen molar-refractivity contribution in [2.45, 2.75) is 6.54 Å². The van der Waals surface area contributed by atoms with Gasteiger partial charge in [0, 0.05) is 29.9 Å². The fourth-order valence-corrected chi connectivity index (χ4v) is 0.943. The minimum absolute atomic E-state index is 0.551. The normalized spacial score (nSPS) is 11.7. The van der Waals surface area contributed by atoms with E-state index in [1.165, 1.54) is 11.9 Å². The standard InChI is InChI=1S/C8H9Cl2N3/c9-3-7(10)4-12-5-8-1-2-11-6-13-8/h1-3,6,12H,4-5H2/b7-3+. The molecular weight excluding hydrogens is 209 g/mol. The molecule has 0 unspecified atom stereocenters. The highest BCUT2D eigenvalue weighted by atomic mass is 35.5. The van der Waals surface area contributed by atoms with Crippen LogP contribution in [0.15, 0.2) is 29.2 Å². The maximum atomic E-state index is 5.67. The summed E-state index contributed by atoms with van der Waals surface area (Å²) in [4.78, 5) is 7.84. The SMILES string of the molecule is Cl/C=C(/Cl)CNCc1ccncn1. The van der Waals surface area contributed by atoms with Crippen molar-refractivity contribution >= 4 is 23.2 Å². The van der Waals surface area contributed by atoms with Crippen molar-refractivity contribution in [1.29, 1.82) is 0 Å². The van der Waals surface area contributed by atoms with Crippen LogP contribution in [-0.4, -0.2) is 16.5 Å². The van der Waals surface area contributed by atoms with Crippen molar-refractivity contribution in [3.8, 4) is 0 Å². The Morgan fingerprint density at radius 1 is 1.62 bits per heavy atom. The van der Waals surface area contributed by atoms with E-state index in [1.807, 2.05) is 6.07 Å². The van der Waals surface area contributed by atoms with Crippen LogP contribution < -0.4 is 5.32 Å². The molecule has 0 bridgehead atoms. The van der Waals surface area contributed by atoms with Gasteiger partial charge in [-0.25, -0.2) is 9.97 Å². The molecule has 3 nitrogen and oxygen atoms in total. The number of halogens is 2. The first-order valence-corrected chi connectivity index (χ1v) is 4.54. The zero-order valence-corrected chi connectivity index (χ0v) is 8.39. The lowest BCUT2D eigenvalue weighted by atomic mass is 10.4. The van der Waals surface area contributed by atoms with Gasteiger partial charge in [0.25, 0.3) is 0 Å². The van der Waals surface area contributed by atoms with Gasteiger partial charge in [-0.2, -0.15) is 0 Å². The van der Waals surface area contributed by atoms with E-state index in [2.05, 4.69) is 15.3 Å².